The Labute approximate surface area is 127 Å². The number of amides is 1. The lowest BCUT2D eigenvalue weighted by atomic mass is 10.0. The summed E-state index contributed by atoms with van der Waals surface area (Å²) in [6.07, 6.45) is 0.0529. The highest BCUT2D eigenvalue weighted by molar-refractivity contribution is 7.10. The minimum Gasteiger partial charge on any atom is -0.478 e. The summed E-state index contributed by atoms with van der Waals surface area (Å²) in [5.41, 5.74) is 0.217. The maximum absolute atomic E-state index is 12.2. The van der Waals surface area contributed by atoms with Gasteiger partial charge in [0.25, 0.3) is 0 Å². The quantitative estimate of drug-likeness (QED) is 0.892. The fraction of sp³-hybridized carbons (Fsp3) is 0.250. The summed E-state index contributed by atoms with van der Waals surface area (Å²) < 4.78 is 0. The van der Waals surface area contributed by atoms with Crippen LogP contribution in [0.25, 0.3) is 0 Å². The molecule has 0 aliphatic rings. The third-order valence-corrected chi connectivity index (χ3v) is 4.38. The number of aromatic carboxylic acids is 1. The van der Waals surface area contributed by atoms with E-state index in [4.69, 9.17) is 5.11 Å². The van der Waals surface area contributed by atoms with Gasteiger partial charge in [-0.1, -0.05) is 24.3 Å². The predicted octanol–water partition coefficient (Wildman–Crippen LogP) is 3.04. The molecule has 0 aliphatic carbocycles. The first-order valence-electron chi connectivity index (χ1n) is 6.56. The van der Waals surface area contributed by atoms with E-state index in [1.807, 2.05) is 31.4 Å². The molecule has 0 unspecified atom stereocenters. The van der Waals surface area contributed by atoms with Gasteiger partial charge in [-0.15, -0.1) is 11.3 Å². The summed E-state index contributed by atoms with van der Waals surface area (Å²) in [7, 11) is 0. The Kier molecular flexibility index (Phi) is 4.43. The molecule has 2 rings (SSSR count). The smallest absolute Gasteiger partial charge is 0.335 e. The van der Waals surface area contributed by atoms with Crippen LogP contribution in [-0.2, 0) is 16.8 Å². The average molecular weight is 303 g/mol. The van der Waals surface area contributed by atoms with E-state index in [9.17, 15) is 9.59 Å². The Morgan fingerprint density at radius 1 is 1.19 bits per heavy atom. The van der Waals surface area contributed by atoms with Crippen LogP contribution in [0.1, 0.15) is 34.6 Å². The molecule has 1 heterocycles. The zero-order valence-electron chi connectivity index (χ0n) is 11.9. The molecule has 2 N–H and O–H groups in total. The highest BCUT2D eigenvalue weighted by atomic mass is 32.1. The Hall–Kier alpha value is -2.14. The van der Waals surface area contributed by atoms with Crippen LogP contribution in [0.2, 0.25) is 0 Å². The van der Waals surface area contributed by atoms with Crippen molar-refractivity contribution in [1.29, 1.82) is 0 Å². The minimum atomic E-state index is -1.02. The number of nitrogens with one attached hydrogen (secondary N) is 1. The minimum absolute atomic E-state index is 0.0529. The maximum atomic E-state index is 12.2. The van der Waals surface area contributed by atoms with Crippen molar-refractivity contribution in [3.8, 4) is 0 Å². The van der Waals surface area contributed by atoms with E-state index in [1.54, 1.807) is 29.5 Å². The molecule has 1 amide bonds. The van der Waals surface area contributed by atoms with Gasteiger partial charge in [0, 0.05) is 4.88 Å². The molecule has 5 heteroatoms. The first-order valence-corrected chi connectivity index (χ1v) is 7.44. The molecular formula is C16H17NO3S. The number of carbonyl (C=O) groups is 2. The standard InChI is InChI=1S/C16H17NO3S/c1-16(2,13-8-5-9-21-13)17-14(18)10-11-6-3-4-7-12(11)15(19)20/h3-9H,10H2,1-2H3,(H,17,18)(H,19,20). The van der Waals surface area contributed by atoms with Crippen molar-refractivity contribution in [3.63, 3.8) is 0 Å². The van der Waals surface area contributed by atoms with E-state index < -0.39 is 11.5 Å². The van der Waals surface area contributed by atoms with Gasteiger partial charge in [0.1, 0.15) is 0 Å². The van der Waals surface area contributed by atoms with Gasteiger partial charge in [-0.25, -0.2) is 4.79 Å². The zero-order valence-corrected chi connectivity index (χ0v) is 12.7. The molecule has 0 fully saturated rings. The van der Waals surface area contributed by atoms with Crippen LogP contribution in [0.5, 0.6) is 0 Å². The number of hydrogen-bond acceptors (Lipinski definition) is 3. The molecule has 0 bridgehead atoms. The lowest BCUT2D eigenvalue weighted by Crippen LogP contribution is -2.41. The molecule has 2 aromatic rings. The number of carbonyl (C=O) groups excluding carboxylic acids is 1. The number of thiophene rings is 1. The molecule has 0 aliphatic heterocycles. The van der Waals surface area contributed by atoms with Crippen molar-refractivity contribution in [1.82, 2.24) is 5.32 Å². The van der Waals surface area contributed by atoms with Crippen LogP contribution in [-0.4, -0.2) is 17.0 Å². The van der Waals surface area contributed by atoms with E-state index in [-0.39, 0.29) is 17.9 Å². The van der Waals surface area contributed by atoms with Gasteiger partial charge in [0.15, 0.2) is 0 Å². The van der Waals surface area contributed by atoms with Gasteiger partial charge in [-0.2, -0.15) is 0 Å². The first kappa shape index (κ1) is 15.3. The Bertz CT molecular complexity index is 647. The predicted molar refractivity (Wildman–Crippen MR) is 82.6 cm³/mol. The molecule has 110 valence electrons. The van der Waals surface area contributed by atoms with Gasteiger partial charge in [-0.05, 0) is 36.9 Å². The molecular weight excluding hydrogens is 286 g/mol. The van der Waals surface area contributed by atoms with Crippen molar-refractivity contribution in [3.05, 3.63) is 57.8 Å². The largest absolute Gasteiger partial charge is 0.478 e. The second-order valence-corrected chi connectivity index (χ2v) is 6.24. The molecule has 4 nitrogen and oxygen atoms in total. The zero-order chi connectivity index (χ0) is 15.5. The number of rotatable bonds is 5. The third kappa shape index (κ3) is 3.70. The SMILES string of the molecule is CC(C)(NC(=O)Cc1ccccc1C(=O)O)c1cccs1. The highest BCUT2D eigenvalue weighted by Crippen LogP contribution is 2.24. The monoisotopic (exact) mass is 303 g/mol. The Morgan fingerprint density at radius 3 is 2.52 bits per heavy atom. The van der Waals surface area contributed by atoms with E-state index in [2.05, 4.69) is 5.32 Å². The van der Waals surface area contributed by atoms with Crippen molar-refractivity contribution >= 4 is 23.2 Å². The summed E-state index contributed by atoms with van der Waals surface area (Å²) in [4.78, 5) is 24.4. The van der Waals surface area contributed by atoms with Gasteiger partial charge >= 0.3 is 5.97 Å². The normalized spacial score (nSPS) is 11.1. The average Bonchev–Trinajstić information content (AvgIpc) is 2.92. The topological polar surface area (TPSA) is 66.4 Å². The molecule has 0 spiro atoms. The molecule has 1 aromatic heterocycles. The third-order valence-electron chi connectivity index (χ3n) is 3.19. The summed E-state index contributed by atoms with van der Waals surface area (Å²) in [6.45, 7) is 3.86. The van der Waals surface area contributed by atoms with Gasteiger partial charge < -0.3 is 10.4 Å². The van der Waals surface area contributed by atoms with Crippen molar-refractivity contribution in [2.75, 3.05) is 0 Å². The van der Waals surface area contributed by atoms with E-state index in [0.29, 0.717) is 5.56 Å². The lowest BCUT2D eigenvalue weighted by molar-refractivity contribution is -0.122. The van der Waals surface area contributed by atoms with E-state index >= 15 is 0 Å². The molecule has 1 aromatic carbocycles. The summed E-state index contributed by atoms with van der Waals surface area (Å²) in [6, 6.07) is 10.5. The van der Waals surface area contributed by atoms with E-state index in [1.165, 1.54) is 6.07 Å². The molecule has 0 radical (unpaired) electrons. The van der Waals surface area contributed by atoms with Gasteiger partial charge in [0.05, 0.1) is 17.5 Å². The van der Waals surface area contributed by atoms with Crippen molar-refractivity contribution < 1.29 is 14.7 Å². The molecule has 0 saturated heterocycles. The van der Waals surface area contributed by atoms with Crippen LogP contribution in [0.15, 0.2) is 41.8 Å². The Morgan fingerprint density at radius 2 is 1.90 bits per heavy atom. The van der Waals surface area contributed by atoms with E-state index in [0.717, 1.165) is 4.88 Å². The first-order chi connectivity index (χ1) is 9.90. The second kappa shape index (κ2) is 6.10. The van der Waals surface area contributed by atoms with Crippen LogP contribution in [0.3, 0.4) is 0 Å². The number of benzene rings is 1. The summed E-state index contributed by atoms with van der Waals surface area (Å²) >= 11 is 1.58. The lowest BCUT2D eigenvalue weighted by Gasteiger charge is -2.25. The van der Waals surface area contributed by atoms with Crippen molar-refractivity contribution in [2.24, 2.45) is 0 Å². The fourth-order valence-electron chi connectivity index (χ4n) is 2.14. The van der Waals surface area contributed by atoms with Crippen LogP contribution < -0.4 is 5.32 Å². The van der Waals surface area contributed by atoms with Crippen LogP contribution in [0, 0.1) is 0 Å². The maximum Gasteiger partial charge on any atom is 0.335 e. The van der Waals surface area contributed by atoms with Crippen molar-refractivity contribution in [2.45, 2.75) is 25.8 Å². The highest BCUT2D eigenvalue weighted by Gasteiger charge is 2.24. The second-order valence-electron chi connectivity index (χ2n) is 5.29. The Balaban J connectivity index is 2.11. The number of carboxylic acids is 1. The molecule has 0 atom stereocenters. The summed E-state index contributed by atoms with van der Waals surface area (Å²) in [5, 5.41) is 14.0. The summed E-state index contributed by atoms with van der Waals surface area (Å²) in [5.74, 6) is -1.21. The molecule has 21 heavy (non-hydrogen) atoms. The van der Waals surface area contributed by atoms with Crippen LogP contribution in [0.4, 0.5) is 0 Å². The number of hydrogen-bond donors (Lipinski definition) is 2. The number of carboxylic acid groups (broad SMARTS) is 1. The van der Waals surface area contributed by atoms with Gasteiger partial charge in [-0.3, -0.25) is 4.79 Å². The van der Waals surface area contributed by atoms with Gasteiger partial charge in [0.2, 0.25) is 5.91 Å². The molecule has 0 saturated carbocycles. The van der Waals surface area contributed by atoms with Crippen LogP contribution >= 0.6 is 11.3 Å². The fourth-order valence-corrected chi connectivity index (χ4v) is 2.95.